The molecule has 0 bridgehead atoms. The van der Waals surface area contributed by atoms with Gasteiger partial charge in [0.05, 0.1) is 11.6 Å². The van der Waals surface area contributed by atoms with Gasteiger partial charge in [-0.05, 0) is 41.1 Å². The van der Waals surface area contributed by atoms with Crippen LogP contribution in [0, 0.1) is 3.57 Å². The molecule has 0 aliphatic carbocycles. The van der Waals surface area contributed by atoms with Crippen LogP contribution in [-0.2, 0) is 9.53 Å². The molecule has 1 heterocycles. The lowest BCUT2D eigenvalue weighted by atomic mass is 9.95. The average molecular weight is 412 g/mol. The largest absolute Gasteiger partial charge is 0.458 e. The maximum absolute atomic E-state index is 12.4. The normalized spacial score (nSPS) is 18.0. The third kappa shape index (κ3) is 3.16. The second-order valence-electron chi connectivity index (χ2n) is 4.85. The van der Waals surface area contributed by atoms with E-state index in [1.165, 1.54) is 11.0 Å². The molecule has 0 radical (unpaired) electrons. The zero-order valence-corrected chi connectivity index (χ0v) is 14.6. The molecule has 1 aliphatic heterocycles. The molecular weight excluding hydrogens is 395 g/mol. The molecule has 0 fully saturated rings. The molecule has 2 rings (SSSR count). The number of urea groups is 1. The Morgan fingerprint density at radius 1 is 1.50 bits per heavy atom. The molecule has 0 spiro atoms. The van der Waals surface area contributed by atoms with E-state index in [0.29, 0.717) is 11.3 Å². The van der Waals surface area contributed by atoms with E-state index in [-0.39, 0.29) is 12.6 Å². The van der Waals surface area contributed by atoms with Gasteiger partial charge in [-0.25, -0.2) is 9.59 Å². The minimum absolute atomic E-state index is 0.131. The SMILES string of the molecule is C=CCOC(=O)C1=C(C)N(C)C(=O)NC1c1ccccc1I. The van der Waals surface area contributed by atoms with Crippen molar-refractivity contribution in [1.29, 1.82) is 0 Å². The zero-order chi connectivity index (χ0) is 16.3. The molecule has 0 saturated carbocycles. The summed E-state index contributed by atoms with van der Waals surface area (Å²) in [6.45, 7) is 5.41. The highest BCUT2D eigenvalue weighted by Gasteiger charge is 2.35. The molecular formula is C16H17IN2O3. The molecule has 2 amide bonds. The van der Waals surface area contributed by atoms with Gasteiger partial charge >= 0.3 is 12.0 Å². The maximum atomic E-state index is 12.4. The van der Waals surface area contributed by atoms with Gasteiger partial charge in [-0.1, -0.05) is 30.9 Å². The van der Waals surface area contributed by atoms with Crippen LogP contribution in [0.25, 0.3) is 0 Å². The Balaban J connectivity index is 2.50. The summed E-state index contributed by atoms with van der Waals surface area (Å²) in [5.41, 5.74) is 1.89. The van der Waals surface area contributed by atoms with Crippen molar-refractivity contribution < 1.29 is 14.3 Å². The van der Waals surface area contributed by atoms with E-state index < -0.39 is 12.0 Å². The summed E-state index contributed by atoms with van der Waals surface area (Å²) in [6, 6.07) is 6.85. The third-order valence-corrected chi connectivity index (χ3v) is 4.50. The second-order valence-corrected chi connectivity index (χ2v) is 6.01. The highest BCUT2D eigenvalue weighted by atomic mass is 127. The summed E-state index contributed by atoms with van der Waals surface area (Å²) in [4.78, 5) is 25.9. The first-order valence-electron chi connectivity index (χ1n) is 6.74. The quantitative estimate of drug-likeness (QED) is 0.470. The minimum atomic E-state index is -0.519. The number of benzene rings is 1. The fourth-order valence-electron chi connectivity index (χ4n) is 2.25. The fraction of sp³-hybridized carbons (Fsp3) is 0.250. The lowest BCUT2D eigenvalue weighted by Crippen LogP contribution is -2.46. The summed E-state index contributed by atoms with van der Waals surface area (Å²) >= 11 is 2.19. The molecule has 0 aromatic heterocycles. The van der Waals surface area contributed by atoms with Crippen LogP contribution in [0.5, 0.6) is 0 Å². The van der Waals surface area contributed by atoms with Crippen molar-refractivity contribution in [2.24, 2.45) is 0 Å². The Hall–Kier alpha value is -1.83. The van der Waals surface area contributed by atoms with Crippen molar-refractivity contribution in [2.45, 2.75) is 13.0 Å². The van der Waals surface area contributed by atoms with Gasteiger partial charge in [-0.3, -0.25) is 0 Å². The standard InChI is InChI=1S/C16H17IN2O3/c1-4-9-22-15(20)13-10(2)19(3)16(21)18-14(13)11-7-5-6-8-12(11)17/h4-8,14H,1,9H2,2-3H3,(H,18,21). The van der Waals surface area contributed by atoms with Crippen molar-refractivity contribution in [3.05, 3.63) is 57.3 Å². The first-order valence-corrected chi connectivity index (χ1v) is 7.82. The van der Waals surface area contributed by atoms with Gasteiger partial charge in [-0.2, -0.15) is 0 Å². The van der Waals surface area contributed by atoms with Crippen LogP contribution < -0.4 is 5.32 Å². The molecule has 1 unspecified atom stereocenters. The van der Waals surface area contributed by atoms with Gasteiger partial charge in [0.15, 0.2) is 0 Å². The van der Waals surface area contributed by atoms with Crippen LogP contribution in [0.15, 0.2) is 48.2 Å². The van der Waals surface area contributed by atoms with Gasteiger partial charge in [0, 0.05) is 16.3 Å². The Morgan fingerprint density at radius 2 is 2.18 bits per heavy atom. The van der Waals surface area contributed by atoms with E-state index in [1.54, 1.807) is 14.0 Å². The molecule has 6 heteroatoms. The number of ether oxygens (including phenoxy) is 1. The van der Waals surface area contributed by atoms with Crippen LogP contribution in [0.4, 0.5) is 4.79 Å². The first-order chi connectivity index (χ1) is 10.5. The van der Waals surface area contributed by atoms with Crippen molar-refractivity contribution in [2.75, 3.05) is 13.7 Å². The zero-order valence-electron chi connectivity index (χ0n) is 12.4. The Labute approximate surface area is 143 Å². The summed E-state index contributed by atoms with van der Waals surface area (Å²) in [5.74, 6) is -0.450. The van der Waals surface area contributed by atoms with Gasteiger partial charge in [0.2, 0.25) is 0 Å². The molecule has 5 nitrogen and oxygen atoms in total. The number of carbonyl (C=O) groups excluding carboxylic acids is 2. The number of carbonyl (C=O) groups is 2. The topological polar surface area (TPSA) is 58.6 Å². The number of halogens is 1. The number of hydrogen-bond donors (Lipinski definition) is 1. The summed E-state index contributed by atoms with van der Waals surface area (Å²) < 4.78 is 6.15. The first kappa shape index (κ1) is 16.5. The van der Waals surface area contributed by atoms with Crippen molar-refractivity contribution >= 4 is 34.6 Å². The lowest BCUT2D eigenvalue weighted by Gasteiger charge is -2.33. The van der Waals surface area contributed by atoms with Gasteiger partial charge in [0.1, 0.15) is 6.61 Å². The van der Waals surface area contributed by atoms with E-state index in [2.05, 4.69) is 34.5 Å². The molecule has 1 N–H and O–H groups in total. The summed E-state index contributed by atoms with van der Waals surface area (Å²) in [6.07, 6.45) is 1.51. The third-order valence-electron chi connectivity index (χ3n) is 3.52. The van der Waals surface area contributed by atoms with Gasteiger partial charge in [-0.15, -0.1) is 0 Å². The van der Waals surface area contributed by atoms with Crippen molar-refractivity contribution in [3.63, 3.8) is 0 Å². The maximum Gasteiger partial charge on any atom is 0.338 e. The van der Waals surface area contributed by atoms with E-state index in [1.807, 2.05) is 24.3 Å². The Morgan fingerprint density at radius 3 is 2.82 bits per heavy atom. The average Bonchev–Trinajstić information content (AvgIpc) is 2.50. The lowest BCUT2D eigenvalue weighted by molar-refractivity contribution is -0.138. The van der Waals surface area contributed by atoms with E-state index in [0.717, 1.165) is 9.13 Å². The highest BCUT2D eigenvalue weighted by Crippen LogP contribution is 2.32. The number of esters is 1. The summed E-state index contributed by atoms with van der Waals surface area (Å²) in [5, 5.41) is 2.86. The number of amides is 2. The van der Waals surface area contributed by atoms with Gasteiger partial charge < -0.3 is 15.0 Å². The Bertz CT molecular complexity index is 655. The smallest absolute Gasteiger partial charge is 0.338 e. The van der Waals surface area contributed by atoms with Gasteiger partial charge in [0.25, 0.3) is 0 Å². The molecule has 22 heavy (non-hydrogen) atoms. The van der Waals surface area contributed by atoms with Crippen LogP contribution in [0.2, 0.25) is 0 Å². The second kappa shape index (κ2) is 6.95. The van der Waals surface area contributed by atoms with Crippen molar-refractivity contribution in [3.8, 4) is 0 Å². The van der Waals surface area contributed by atoms with E-state index in [4.69, 9.17) is 4.74 Å². The monoisotopic (exact) mass is 412 g/mol. The number of nitrogens with one attached hydrogen (secondary N) is 1. The number of nitrogens with zero attached hydrogens (tertiary/aromatic N) is 1. The molecule has 1 aliphatic rings. The van der Waals surface area contributed by atoms with Crippen LogP contribution >= 0.6 is 22.6 Å². The number of hydrogen-bond acceptors (Lipinski definition) is 3. The number of allylic oxidation sites excluding steroid dienone is 1. The van der Waals surface area contributed by atoms with Crippen molar-refractivity contribution in [1.82, 2.24) is 10.2 Å². The summed E-state index contributed by atoms with van der Waals surface area (Å²) in [7, 11) is 1.62. The molecule has 0 saturated heterocycles. The molecule has 1 atom stereocenters. The van der Waals surface area contributed by atoms with E-state index >= 15 is 0 Å². The number of rotatable bonds is 4. The van der Waals surface area contributed by atoms with Crippen LogP contribution in [0.1, 0.15) is 18.5 Å². The predicted molar refractivity (Wildman–Crippen MR) is 92.1 cm³/mol. The fourth-order valence-corrected chi connectivity index (χ4v) is 2.95. The minimum Gasteiger partial charge on any atom is -0.458 e. The molecule has 1 aromatic carbocycles. The van der Waals surface area contributed by atoms with Crippen LogP contribution in [-0.4, -0.2) is 30.6 Å². The van der Waals surface area contributed by atoms with E-state index in [9.17, 15) is 9.59 Å². The highest BCUT2D eigenvalue weighted by molar-refractivity contribution is 14.1. The Kier molecular flexibility index (Phi) is 5.23. The molecule has 116 valence electrons. The van der Waals surface area contributed by atoms with Crippen LogP contribution in [0.3, 0.4) is 0 Å². The molecule has 1 aromatic rings. The predicted octanol–water partition coefficient (Wildman–Crippen LogP) is 2.99.